The molecule has 0 amide bonds. The number of nitrogens with one attached hydrogen (secondary N) is 1. The molecule has 21 heavy (non-hydrogen) atoms. The summed E-state index contributed by atoms with van der Waals surface area (Å²) in [7, 11) is 0. The van der Waals surface area contributed by atoms with E-state index in [1.54, 1.807) is 0 Å². The van der Waals surface area contributed by atoms with Crippen molar-refractivity contribution in [1.29, 1.82) is 5.41 Å². The molecule has 0 radical (unpaired) electrons. The Kier molecular flexibility index (Phi) is 4.16. The first-order valence-electron chi connectivity index (χ1n) is 7.02. The molecule has 0 aromatic heterocycles. The fourth-order valence-electron chi connectivity index (χ4n) is 2.94. The van der Waals surface area contributed by atoms with E-state index < -0.39 is 11.7 Å². The van der Waals surface area contributed by atoms with E-state index >= 15 is 0 Å². The van der Waals surface area contributed by atoms with Gasteiger partial charge in [0.25, 0.3) is 0 Å². The lowest BCUT2D eigenvalue weighted by Crippen LogP contribution is -2.41. The Balaban J connectivity index is 2.42. The van der Waals surface area contributed by atoms with Crippen LogP contribution in [0, 0.1) is 11.3 Å². The van der Waals surface area contributed by atoms with Crippen molar-refractivity contribution in [3.8, 4) is 0 Å². The van der Waals surface area contributed by atoms with Gasteiger partial charge in [0.05, 0.1) is 5.56 Å². The molecule has 1 saturated heterocycles. The number of anilines is 1. The molecular weight excluding hydrogens is 279 g/mol. The van der Waals surface area contributed by atoms with Crippen LogP contribution in [0.25, 0.3) is 0 Å². The second-order valence-electron chi connectivity index (χ2n) is 5.82. The van der Waals surface area contributed by atoms with E-state index in [0.29, 0.717) is 11.6 Å². The number of nitrogen functional groups attached to an aromatic ring is 1. The minimum atomic E-state index is -4.43. The SMILES string of the molecule is CC1CCN(c2ccc(C(F)(F)F)cc2C(=N)N)C(C)C1. The topological polar surface area (TPSA) is 53.1 Å². The van der Waals surface area contributed by atoms with E-state index in [1.165, 1.54) is 6.07 Å². The Labute approximate surface area is 122 Å². The van der Waals surface area contributed by atoms with Crippen molar-refractivity contribution in [3.05, 3.63) is 29.3 Å². The van der Waals surface area contributed by atoms with E-state index in [2.05, 4.69) is 18.7 Å². The lowest BCUT2D eigenvalue weighted by molar-refractivity contribution is -0.137. The van der Waals surface area contributed by atoms with Crippen LogP contribution < -0.4 is 10.6 Å². The van der Waals surface area contributed by atoms with Gasteiger partial charge in [-0.05, 0) is 43.9 Å². The molecule has 2 rings (SSSR count). The average Bonchev–Trinajstić information content (AvgIpc) is 2.37. The molecule has 1 aromatic rings. The Morgan fingerprint density at radius 1 is 1.33 bits per heavy atom. The predicted octanol–water partition coefficient (Wildman–Crippen LogP) is 3.61. The molecule has 2 unspecified atom stereocenters. The van der Waals surface area contributed by atoms with Crippen LogP contribution in [0.5, 0.6) is 0 Å². The summed E-state index contributed by atoms with van der Waals surface area (Å²) in [6.07, 6.45) is -2.45. The van der Waals surface area contributed by atoms with Crippen LogP contribution in [0.15, 0.2) is 18.2 Å². The maximum Gasteiger partial charge on any atom is 0.416 e. The van der Waals surface area contributed by atoms with Crippen molar-refractivity contribution >= 4 is 11.5 Å². The van der Waals surface area contributed by atoms with Gasteiger partial charge in [0.2, 0.25) is 0 Å². The molecule has 1 fully saturated rings. The van der Waals surface area contributed by atoms with Crippen LogP contribution >= 0.6 is 0 Å². The van der Waals surface area contributed by atoms with Crippen LogP contribution in [0.1, 0.15) is 37.8 Å². The second-order valence-corrected chi connectivity index (χ2v) is 5.82. The molecule has 1 aliphatic heterocycles. The second kappa shape index (κ2) is 5.58. The molecule has 116 valence electrons. The van der Waals surface area contributed by atoms with Gasteiger partial charge in [-0.2, -0.15) is 13.2 Å². The molecule has 0 aliphatic carbocycles. The summed E-state index contributed by atoms with van der Waals surface area (Å²) in [6.45, 7) is 5.00. The zero-order chi connectivity index (χ0) is 15.8. The lowest BCUT2D eigenvalue weighted by Gasteiger charge is -2.39. The zero-order valence-corrected chi connectivity index (χ0v) is 12.2. The predicted molar refractivity (Wildman–Crippen MR) is 77.7 cm³/mol. The minimum absolute atomic E-state index is 0.159. The average molecular weight is 299 g/mol. The fourth-order valence-corrected chi connectivity index (χ4v) is 2.94. The number of nitrogens with two attached hydrogens (primary N) is 1. The highest BCUT2D eigenvalue weighted by atomic mass is 19.4. The van der Waals surface area contributed by atoms with Crippen molar-refractivity contribution in [1.82, 2.24) is 0 Å². The van der Waals surface area contributed by atoms with E-state index in [4.69, 9.17) is 11.1 Å². The number of hydrogen-bond acceptors (Lipinski definition) is 2. The summed E-state index contributed by atoms with van der Waals surface area (Å²) >= 11 is 0. The van der Waals surface area contributed by atoms with Gasteiger partial charge in [0.1, 0.15) is 5.84 Å². The van der Waals surface area contributed by atoms with E-state index in [-0.39, 0.29) is 17.4 Å². The van der Waals surface area contributed by atoms with E-state index in [1.807, 2.05) is 0 Å². The summed E-state index contributed by atoms with van der Waals surface area (Å²) in [5.74, 6) is 0.272. The maximum atomic E-state index is 12.8. The molecule has 6 heteroatoms. The largest absolute Gasteiger partial charge is 0.416 e. The number of piperidine rings is 1. The molecule has 0 spiro atoms. The molecule has 3 N–H and O–H groups in total. The van der Waals surface area contributed by atoms with Crippen molar-refractivity contribution in [2.45, 2.75) is 38.9 Å². The molecule has 1 aromatic carbocycles. The third kappa shape index (κ3) is 3.31. The number of nitrogens with zero attached hydrogens (tertiary/aromatic N) is 1. The Morgan fingerprint density at radius 3 is 2.52 bits per heavy atom. The maximum absolute atomic E-state index is 12.8. The van der Waals surface area contributed by atoms with Crippen molar-refractivity contribution < 1.29 is 13.2 Å². The summed E-state index contributed by atoms with van der Waals surface area (Å²) in [5, 5.41) is 7.59. The summed E-state index contributed by atoms with van der Waals surface area (Å²) in [5.41, 5.74) is 5.51. The third-order valence-electron chi connectivity index (χ3n) is 4.06. The first-order chi connectivity index (χ1) is 9.70. The van der Waals surface area contributed by atoms with E-state index in [9.17, 15) is 13.2 Å². The van der Waals surface area contributed by atoms with Gasteiger partial charge in [0.15, 0.2) is 0 Å². The molecule has 1 aliphatic rings. The third-order valence-corrected chi connectivity index (χ3v) is 4.06. The van der Waals surface area contributed by atoms with Crippen LogP contribution in [0.2, 0.25) is 0 Å². The van der Waals surface area contributed by atoms with Crippen molar-refractivity contribution in [2.75, 3.05) is 11.4 Å². The quantitative estimate of drug-likeness (QED) is 0.647. The van der Waals surface area contributed by atoms with Gasteiger partial charge in [0, 0.05) is 23.8 Å². The Morgan fingerprint density at radius 2 is 2.00 bits per heavy atom. The van der Waals surface area contributed by atoms with Gasteiger partial charge in [-0.3, -0.25) is 5.41 Å². The first-order valence-corrected chi connectivity index (χ1v) is 7.02. The van der Waals surface area contributed by atoms with Crippen molar-refractivity contribution in [2.24, 2.45) is 11.7 Å². The van der Waals surface area contributed by atoms with Crippen molar-refractivity contribution in [3.63, 3.8) is 0 Å². The van der Waals surface area contributed by atoms with Gasteiger partial charge in [-0.15, -0.1) is 0 Å². The zero-order valence-electron chi connectivity index (χ0n) is 12.2. The van der Waals surface area contributed by atoms with Gasteiger partial charge >= 0.3 is 6.18 Å². The molecule has 1 heterocycles. The standard InChI is InChI=1S/C15H20F3N3/c1-9-5-6-21(10(2)7-9)13-4-3-11(15(16,17)18)8-12(13)14(19)20/h3-4,8-10H,5-7H2,1-2H3,(H3,19,20). The lowest BCUT2D eigenvalue weighted by atomic mass is 9.92. The smallest absolute Gasteiger partial charge is 0.384 e. The monoisotopic (exact) mass is 299 g/mol. The normalized spacial score (nSPS) is 23.2. The number of benzene rings is 1. The molecular formula is C15H20F3N3. The van der Waals surface area contributed by atoms with Crippen LogP contribution in [-0.4, -0.2) is 18.4 Å². The number of halogens is 3. The minimum Gasteiger partial charge on any atom is -0.384 e. The van der Waals surface area contributed by atoms with Crippen LogP contribution in [0.3, 0.4) is 0 Å². The molecule has 0 bridgehead atoms. The van der Waals surface area contributed by atoms with E-state index in [0.717, 1.165) is 31.5 Å². The number of alkyl halides is 3. The number of amidine groups is 1. The number of hydrogen-bond donors (Lipinski definition) is 2. The molecule has 2 atom stereocenters. The molecule has 0 saturated carbocycles. The Hall–Kier alpha value is -1.72. The van der Waals surface area contributed by atoms with Crippen LogP contribution in [-0.2, 0) is 6.18 Å². The highest BCUT2D eigenvalue weighted by molar-refractivity contribution is 6.00. The Bertz CT molecular complexity index is 539. The number of rotatable bonds is 2. The summed E-state index contributed by atoms with van der Waals surface area (Å²) in [4.78, 5) is 2.05. The fraction of sp³-hybridized carbons (Fsp3) is 0.533. The summed E-state index contributed by atoms with van der Waals surface area (Å²) in [6, 6.07) is 3.70. The summed E-state index contributed by atoms with van der Waals surface area (Å²) < 4.78 is 38.4. The molecule has 3 nitrogen and oxygen atoms in total. The van der Waals surface area contributed by atoms with Gasteiger partial charge in [-0.25, -0.2) is 0 Å². The van der Waals surface area contributed by atoms with Gasteiger partial charge in [-0.1, -0.05) is 6.92 Å². The first kappa shape index (κ1) is 15.7. The van der Waals surface area contributed by atoms with Gasteiger partial charge < -0.3 is 10.6 Å². The highest BCUT2D eigenvalue weighted by Gasteiger charge is 2.32. The highest BCUT2D eigenvalue weighted by Crippen LogP contribution is 2.35. The van der Waals surface area contributed by atoms with Crippen LogP contribution in [0.4, 0.5) is 18.9 Å².